The number of nitrogens with one attached hydrogen (secondary N) is 1. The molecule has 4 nitrogen and oxygen atoms in total. The molecule has 0 bridgehead atoms. The quantitative estimate of drug-likeness (QED) is 0.647. The second kappa shape index (κ2) is 4.59. The van der Waals surface area contributed by atoms with E-state index in [-0.39, 0.29) is 0 Å². The van der Waals surface area contributed by atoms with Crippen LogP contribution >= 0.6 is 0 Å². The highest BCUT2D eigenvalue weighted by Gasteiger charge is 2.17. The van der Waals surface area contributed by atoms with Crippen LogP contribution < -0.4 is 0 Å². The Morgan fingerprint density at radius 2 is 1.94 bits per heavy atom. The van der Waals surface area contributed by atoms with E-state index in [4.69, 9.17) is 0 Å². The third-order valence-electron chi connectivity index (χ3n) is 3.37. The zero-order chi connectivity index (χ0) is 12.4. The van der Waals surface area contributed by atoms with Crippen LogP contribution in [-0.4, -0.2) is 16.3 Å². The van der Waals surface area contributed by atoms with Gasteiger partial charge in [-0.05, 0) is 37.8 Å². The van der Waals surface area contributed by atoms with Crippen molar-refractivity contribution in [1.82, 2.24) is 10.2 Å². The number of aromatic amines is 1. The van der Waals surface area contributed by atoms with Gasteiger partial charge in [-0.15, -0.1) is 0 Å². The Kier molecular flexibility index (Phi) is 2.79. The molecule has 0 unspecified atom stereocenters. The molecule has 4 heteroatoms. The van der Waals surface area contributed by atoms with Crippen molar-refractivity contribution in [3.05, 3.63) is 35.5 Å². The second-order valence-corrected chi connectivity index (χ2v) is 4.49. The summed E-state index contributed by atoms with van der Waals surface area (Å²) in [6.07, 6.45) is 6.19. The van der Waals surface area contributed by atoms with Gasteiger partial charge in [0.05, 0.1) is 11.4 Å². The van der Waals surface area contributed by atoms with Crippen LogP contribution in [0.15, 0.2) is 29.3 Å². The molecule has 0 atom stereocenters. The Bertz CT molecular complexity index is 606. The number of H-pyrrole nitrogens is 1. The minimum absolute atomic E-state index is 0.623. The number of carbonyl (C=O) groups excluding carboxylic acids is 1. The van der Waals surface area contributed by atoms with Gasteiger partial charge in [-0.2, -0.15) is 10.1 Å². The molecule has 1 heterocycles. The van der Waals surface area contributed by atoms with Crippen molar-refractivity contribution in [1.29, 1.82) is 0 Å². The van der Waals surface area contributed by atoms with E-state index in [0.29, 0.717) is 5.69 Å². The van der Waals surface area contributed by atoms with Crippen molar-refractivity contribution in [2.75, 3.05) is 0 Å². The van der Waals surface area contributed by atoms with Gasteiger partial charge in [0, 0.05) is 16.8 Å². The number of aromatic nitrogens is 2. The fourth-order valence-corrected chi connectivity index (χ4v) is 2.47. The number of rotatable bonds is 2. The average Bonchev–Trinajstić information content (AvgIpc) is 2.84. The summed E-state index contributed by atoms with van der Waals surface area (Å²) in [5.41, 5.74) is 5.34. The maximum absolute atomic E-state index is 10.2. The molecule has 0 fully saturated rings. The third kappa shape index (κ3) is 1.87. The minimum Gasteiger partial charge on any atom is -0.282 e. The van der Waals surface area contributed by atoms with E-state index in [1.54, 1.807) is 6.08 Å². The van der Waals surface area contributed by atoms with Crippen LogP contribution in [0, 0.1) is 0 Å². The number of aryl methyl sites for hydroxylation is 1. The van der Waals surface area contributed by atoms with Crippen molar-refractivity contribution in [2.24, 2.45) is 4.99 Å². The largest absolute Gasteiger partial charge is 0.282 e. The molecule has 0 saturated carbocycles. The van der Waals surface area contributed by atoms with Gasteiger partial charge in [0.15, 0.2) is 0 Å². The van der Waals surface area contributed by atoms with E-state index in [1.165, 1.54) is 24.1 Å². The zero-order valence-electron chi connectivity index (χ0n) is 9.94. The lowest BCUT2D eigenvalue weighted by Crippen LogP contribution is -2.01. The van der Waals surface area contributed by atoms with Gasteiger partial charge in [-0.25, -0.2) is 4.79 Å². The molecule has 1 aliphatic rings. The van der Waals surface area contributed by atoms with Crippen LogP contribution in [0.5, 0.6) is 0 Å². The third-order valence-corrected chi connectivity index (χ3v) is 3.37. The first kappa shape index (κ1) is 10.9. The Hall–Kier alpha value is -2.19. The fourth-order valence-electron chi connectivity index (χ4n) is 2.47. The van der Waals surface area contributed by atoms with Crippen molar-refractivity contribution >= 4 is 11.8 Å². The van der Waals surface area contributed by atoms with Gasteiger partial charge in [0.2, 0.25) is 6.08 Å². The number of nitrogens with zero attached hydrogens (tertiary/aromatic N) is 2. The minimum atomic E-state index is 0.623. The van der Waals surface area contributed by atoms with E-state index in [9.17, 15) is 4.79 Å². The molecule has 0 spiro atoms. The molecule has 2 aromatic rings. The highest BCUT2D eigenvalue weighted by molar-refractivity contribution is 5.66. The van der Waals surface area contributed by atoms with Gasteiger partial charge < -0.3 is 0 Å². The smallest absolute Gasteiger partial charge is 0.240 e. The highest BCUT2D eigenvalue weighted by atomic mass is 16.1. The lowest BCUT2D eigenvalue weighted by atomic mass is 9.94. The van der Waals surface area contributed by atoms with Crippen LogP contribution in [0.25, 0.3) is 11.3 Å². The Morgan fingerprint density at radius 1 is 1.17 bits per heavy atom. The van der Waals surface area contributed by atoms with Gasteiger partial charge >= 0.3 is 0 Å². The lowest BCUT2D eigenvalue weighted by molar-refractivity contribution is 0.565. The van der Waals surface area contributed by atoms with Crippen LogP contribution in [0.3, 0.4) is 0 Å². The molecule has 0 saturated heterocycles. The van der Waals surface area contributed by atoms with E-state index < -0.39 is 0 Å². The number of fused-ring (bicyclic) bond motifs is 1. The number of aliphatic imine (C=N–C) groups is 1. The average molecular weight is 239 g/mol. The van der Waals surface area contributed by atoms with Crippen LogP contribution in [-0.2, 0) is 17.6 Å². The Morgan fingerprint density at radius 3 is 2.72 bits per heavy atom. The van der Waals surface area contributed by atoms with Crippen LogP contribution in [0.1, 0.15) is 24.1 Å². The van der Waals surface area contributed by atoms with Gasteiger partial charge in [0.25, 0.3) is 0 Å². The monoisotopic (exact) mass is 239 g/mol. The molecule has 3 rings (SSSR count). The molecule has 1 aromatic heterocycles. The van der Waals surface area contributed by atoms with Crippen molar-refractivity contribution in [3.63, 3.8) is 0 Å². The second-order valence-electron chi connectivity index (χ2n) is 4.49. The maximum Gasteiger partial charge on any atom is 0.240 e. The summed E-state index contributed by atoms with van der Waals surface area (Å²) in [5.74, 6) is 0. The number of isocyanates is 1. The molecule has 0 radical (unpaired) electrons. The fraction of sp³-hybridized carbons (Fsp3) is 0.286. The molecule has 90 valence electrons. The summed E-state index contributed by atoms with van der Waals surface area (Å²) in [5, 5.41) is 7.54. The summed E-state index contributed by atoms with van der Waals surface area (Å²) in [7, 11) is 0. The van der Waals surface area contributed by atoms with Crippen molar-refractivity contribution in [3.8, 4) is 11.3 Å². The molecular weight excluding hydrogens is 226 g/mol. The molecule has 1 aromatic carbocycles. The summed E-state index contributed by atoms with van der Waals surface area (Å²) >= 11 is 0. The topological polar surface area (TPSA) is 58.1 Å². The predicted molar refractivity (Wildman–Crippen MR) is 68.4 cm³/mol. The first-order chi connectivity index (χ1) is 8.88. The SMILES string of the molecule is O=C=Nc1ccc(-c2n[nH]c3c2CCCC3)cc1. The van der Waals surface area contributed by atoms with E-state index in [1.807, 2.05) is 24.3 Å². The Balaban J connectivity index is 1.99. The molecular formula is C14H13N3O. The first-order valence-corrected chi connectivity index (χ1v) is 6.13. The van der Waals surface area contributed by atoms with Crippen LogP contribution in [0.2, 0.25) is 0 Å². The van der Waals surface area contributed by atoms with E-state index >= 15 is 0 Å². The lowest BCUT2D eigenvalue weighted by Gasteiger charge is -2.11. The molecule has 0 amide bonds. The summed E-state index contributed by atoms with van der Waals surface area (Å²) < 4.78 is 0. The summed E-state index contributed by atoms with van der Waals surface area (Å²) in [6.45, 7) is 0. The summed E-state index contributed by atoms with van der Waals surface area (Å²) in [6, 6.07) is 7.51. The Labute approximate surface area is 105 Å². The molecule has 1 N–H and O–H groups in total. The molecule has 1 aliphatic carbocycles. The van der Waals surface area contributed by atoms with E-state index in [2.05, 4.69) is 15.2 Å². The molecule has 0 aliphatic heterocycles. The zero-order valence-corrected chi connectivity index (χ0v) is 9.94. The summed E-state index contributed by atoms with van der Waals surface area (Å²) in [4.78, 5) is 13.8. The van der Waals surface area contributed by atoms with Gasteiger partial charge in [-0.1, -0.05) is 12.1 Å². The van der Waals surface area contributed by atoms with Crippen LogP contribution in [0.4, 0.5) is 5.69 Å². The van der Waals surface area contributed by atoms with E-state index in [0.717, 1.165) is 24.1 Å². The maximum atomic E-state index is 10.2. The standard InChI is InChI=1S/C14H13N3O/c18-9-15-11-7-5-10(6-8-11)14-12-3-1-2-4-13(12)16-17-14/h5-8H,1-4H2,(H,16,17). The van der Waals surface area contributed by atoms with Gasteiger partial charge in [-0.3, -0.25) is 5.10 Å². The number of hydrogen-bond acceptors (Lipinski definition) is 3. The number of benzene rings is 1. The number of hydrogen-bond donors (Lipinski definition) is 1. The highest BCUT2D eigenvalue weighted by Crippen LogP contribution is 2.30. The van der Waals surface area contributed by atoms with Crippen molar-refractivity contribution in [2.45, 2.75) is 25.7 Å². The van der Waals surface area contributed by atoms with Gasteiger partial charge in [0.1, 0.15) is 0 Å². The normalized spacial score (nSPS) is 13.8. The molecule has 18 heavy (non-hydrogen) atoms. The van der Waals surface area contributed by atoms with Crippen molar-refractivity contribution < 1.29 is 4.79 Å². The first-order valence-electron chi connectivity index (χ1n) is 6.13. The predicted octanol–water partition coefficient (Wildman–Crippen LogP) is 2.92.